The Hall–Kier alpha value is -1.73. The van der Waals surface area contributed by atoms with E-state index in [-0.39, 0.29) is 5.91 Å². The number of hydrogen-bond acceptors (Lipinski definition) is 6. The average molecular weight is 281 g/mol. The zero-order valence-corrected chi connectivity index (χ0v) is 11.4. The molecule has 2 rings (SSSR count). The Kier molecular flexibility index (Phi) is 3.73. The number of oxime groups is 1. The van der Waals surface area contributed by atoms with Gasteiger partial charge in [0.1, 0.15) is 11.4 Å². The zero-order chi connectivity index (χ0) is 13.1. The highest BCUT2D eigenvalue weighted by molar-refractivity contribution is 7.14. The molecule has 94 valence electrons. The van der Waals surface area contributed by atoms with Crippen LogP contribution in [0.3, 0.4) is 0 Å². The van der Waals surface area contributed by atoms with E-state index in [1.165, 1.54) is 22.7 Å². The fourth-order valence-electron chi connectivity index (χ4n) is 1.31. The molecule has 0 aliphatic rings. The van der Waals surface area contributed by atoms with E-state index in [9.17, 15) is 4.79 Å². The molecule has 0 spiro atoms. The number of aryl methyl sites for hydroxylation is 1. The number of aromatic nitrogens is 1. The van der Waals surface area contributed by atoms with Crippen molar-refractivity contribution >= 4 is 39.4 Å². The second-order valence-corrected chi connectivity index (χ2v) is 5.25. The Morgan fingerprint density at radius 1 is 1.44 bits per heavy atom. The maximum atomic E-state index is 11.9. The summed E-state index contributed by atoms with van der Waals surface area (Å²) in [5, 5.41) is 20.4. The molecule has 0 fully saturated rings. The number of rotatable bonds is 3. The van der Waals surface area contributed by atoms with E-state index in [1.54, 1.807) is 17.7 Å². The highest BCUT2D eigenvalue weighted by Crippen LogP contribution is 2.19. The maximum Gasteiger partial charge on any atom is 0.258 e. The van der Waals surface area contributed by atoms with Crippen molar-refractivity contribution in [2.45, 2.75) is 13.8 Å². The van der Waals surface area contributed by atoms with Crippen LogP contribution in [0.4, 0.5) is 5.13 Å². The van der Waals surface area contributed by atoms with E-state index in [2.05, 4.69) is 15.5 Å². The predicted molar refractivity (Wildman–Crippen MR) is 73.1 cm³/mol. The van der Waals surface area contributed by atoms with Gasteiger partial charge < -0.3 is 5.21 Å². The van der Waals surface area contributed by atoms with Gasteiger partial charge in [0, 0.05) is 10.8 Å². The summed E-state index contributed by atoms with van der Waals surface area (Å²) in [5.41, 5.74) is 2.57. The monoisotopic (exact) mass is 281 g/mol. The number of nitrogens with zero attached hydrogens (tertiary/aromatic N) is 2. The molecule has 0 unspecified atom stereocenters. The Balaban J connectivity index is 2.13. The lowest BCUT2D eigenvalue weighted by Gasteiger charge is -2.00. The summed E-state index contributed by atoms with van der Waals surface area (Å²) in [5.74, 6) is -0.173. The molecular formula is C11H11N3O2S2. The van der Waals surface area contributed by atoms with E-state index in [0.29, 0.717) is 22.1 Å². The molecule has 0 bridgehead atoms. The molecule has 18 heavy (non-hydrogen) atoms. The first-order valence-corrected chi connectivity index (χ1v) is 6.92. The van der Waals surface area contributed by atoms with E-state index in [1.807, 2.05) is 12.3 Å². The number of amides is 1. The van der Waals surface area contributed by atoms with Crippen molar-refractivity contribution < 1.29 is 10.0 Å². The number of thiazole rings is 1. The molecular weight excluding hydrogens is 270 g/mol. The Labute approximate surface area is 112 Å². The SMILES string of the molecule is CC(=NO)c1csc(NC(=O)c2cscc2C)n1. The molecule has 0 aromatic carbocycles. The van der Waals surface area contributed by atoms with Crippen molar-refractivity contribution in [1.29, 1.82) is 0 Å². The molecule has 2 N–H and O–H groups in total. The van der Waals surface area contributed by atoms with Crippen LogP contribution in [0.1, 0.15) is 28.5 Å². The molecule has 1 amide bonds. The van der Waals surface area contributed by atoms with Gasteiger partial charge in [0.05, 0.1) is 5.56 Å². The fourth-order valence-corrected chi connectivity index (χ4v) is 2.88. The zero-order valence-electron chi connectivity index (χ0n) is 9.80. The summed E-state index contributed by atoms with van der Waals surface area (Å²) in [6, 6.07) is 0. The van der Waals surface area contributed by atoms with Gasteiger partial charge in [-0.2, -0.15) is 11.3 Å². The molecule has 2 aromatic heterocycles. The normalized spacial score (nSPS) is 11.6. The van der Waals surface area contributed by atoms with Crippen molar-refractivity contribution in [2.75, 3.05) is 5.32 Å². The van der Waals surface area contributed by atoms with Gasteiger partial charge in [-0.1, -0.05) is 5.16 Å². The van der Waals surface area contributed by atoms with Crippen molar-refractivity contribution in [3.05, 3.63) is 33.0 Å². The quantitative estimate of drug-likeness (QED) is 0.516. The Bertz CT molecular complexity index is 601. The number of carbonyl (C=O) groups excluding carboxylic acids is 1. The number of thiophene rings is 1. The van der Waals surface area contributed by atoms with Crippen LogP contribution in [-0.4, -0.2) is 21.8 Å². The standard InChI is InChI=1S/C11H11N3O2S2/c1-6-3-17-4-8(6)10(15)13-11-12-9(5-18-11)7(2)14-16/h3-5,16H,1-2H3,(H,12,13,15). The first kappa shape index (κ1) is 12.7. The third kappa shape index (κ3) is 2.57. The summed E-state index contributed by atoms with van der Waals surface area (Å²) in [6.07, 6.45) is 0. The third-order valence-electron chi connectivity index (χ3n) is 2.35. The van der Waals surface area contributed by atoms with Gasteiger partial charge in [0.25, 0.3) is 5.91 Å². The molecule has 0 atom stereocenters. The molecule has 0 aliphatic carbocycles. The number of carbonyl (C=O) groups is 1. The van der Waals surface area contributed by atoms with Gasteiger partial charge in [-0.3, -0.25) is 10.1 Å². The number of hydrogen-bond donors (Lipinski definition) is 2. The van der Waals surface area contributed by atoms with Crippen molar-refractivity contribution in [3.8, 4) is 0 Å². The Morgan fingerprint density at radius 2 is 2.22 bits per heavy atom. The van der Waals surface area contributed by atoms with E-state index in [4.69, 9.17) is 5.21 Å². The molecule has 0 saturated carbocycles. The van der Waals surface area contributed by atoms with Crippen LogP contribution in [0.2, 0.25) is 0 Å². The van der Waals surface area contributed by atoms with Gasteiger partial charge in [-0.25, -0.2) is 4.98 Å². The summed E-state index contributed by atoms with van der Waals surface area (Å²) in [6.45, 7) is 3.53. The second-order valence-electron chi connectivity index (χ2n) is 3.65. The van der Waals surface area contributed by atoms with Gasteiger partial charge in [-0.05, 0) is 24.8 Å². The highest BCUT2D eigenvalue weighted by Gasteiger charge is 2.12. The van der Waals surface area contributed by atoms with E-state index in [0.717, 1.165) is 5.56 Å². The van der Waals surface area contributed by atoms with Crippen LogP contribution in [0.25, 0.3) is 0 Å². The van der Waals surface area contributed by atoms with Crippen molar-refractivity contribution in [1.82, 2.24) is 4.98 Å². The van der Waals surface area contributed by atoms with Crippen LogP contribution < -0.4 is 5.32 Å². The fraction of sp³-hybridized carbons (Fsp3) is 0.182. The lowest BCUT2D eigenvalue weighted by Crippen LogP contribution is -2.12. The first-order valence-electron chi connectivity index (χ1n) is 5.10. The largest absolute Gasteiger partial charge is 0.411 e. The van der Waals surface area contributed by atoms with Gasteiger partial charge in [-0.15, -0.1) is 11.3 Å². The van der Waals surface area contributed by atoms with E-state index >= 15 is 0 Å². The molecule has 0 radical (unpaired) electrons. The van der Waals surface area contributed by atoms with Crippen LogP contribution in [0.15, 0.2) is 21.3 Å². The topological polar surface area (TPSA) is 74.6 Å². The maximum absolute atomic E-state index is 11.9. The molecule has 2 heterocycles. The first-order chi connectivity index (χ1) is 8.61. The lowest BCUT2D eigenvalue weighted by molar-refractivity contribution is 0.102. The predicted octanol–water partition coefficient (Wildman–Crippen LogP) is 2.96. The van der Waals surface area contributed by atoms with Crippen LogP contribution in [0, 0.1) is 6.92 Å². The van der Waals surface area contributed by atoms with Gasteiger partial charge in [0.2, 0.25) is 0 Å². The Morgan fingerprint density at radius 3 is 2.83 bits per heavy atom. The van der Waals surface area contributed by atoms with E-state index < -0.39 is 0 Å². The summed E-state index contributed by atoms with van der Waals surface area (Å²) in [4.78, 5) is 16.1. The molecule has 0 saturated heterocycles. The van der Waals surface area contributed by atoms with Crippen molar-refractivity contribution in [3.63, 3.8) is 0 Å². The summed E-state index contributed by atoms with van der Waals surface area (Å²) >= 11 is 2.78. The summed E-state index contributed by atoms with van der Waals surface area (Å²) in [7, 11) is 0. The summed E-state index contributed by atoms with van der Waals surface area (Å²) < 4.78 is 0. The minimum Gasteiger partial charge on any atom is -0.411 e. The lowest BCUT2D eigenvalue weighted by atomic mass is 10.2. The van der Waals surface area contributed by atoms with Gasteiger partial charge >= 0.3 is 0 Å². The number of anilines is 1. The second kappa shape index (κ2) is 5.28. The minimum absolute atomic E-state index is 0.173. The third-order valence-corrected chi connectivity index (χ3v) is 3.96. The van der Waals surface area contributed by atoms with Crippen LogP contribution in [-0.2, 0) is 0 Å². The average Bonchev–Trinajstić information content (AvgIpc) is 2.97. The van der Waals surface area contributed by atoms with Crippen LogP contribution in [0.5, 0.6) is 0 Å². The highest BCUT2D eigenvalue weighted by atomic mass is 32.1. The van der Waals surface area contributed by atoms with Gasteiger partial charge in [0.15, 0.2) is 5.13 Å². The smallest absolute Gasteiger partial charge is 0.258 e. The van der Waals surface area contributed by atoms with Crippen LogP contribution >= 0.6 is 22.7 Å². The molecule has 2 aromatic rings. The van der Waals surface area contributed by atoms with Crippen molar-refractivity contribution in [2.24, 2.45) is 5.16 Å². The number of nitrogens with one attached hydrogen (secondary N) is 1. The minimum atomic E-state index is -0.173. The molecule has 7 heteroatoms. The molecule has 0 aliphatic heterocycles. The molecule has 5 nitrogen and oxygen atoms in total.